The van der Waals surface area contributed by atoms with E-state index in [9.17, 15) is 0 Å². The molecule has 4 heterocycles. The van der Waals surface area contributed by atoms with Gasteiger partial charge in [0.15, 0.2) is 5.65 Å². The average molecular weight is 294 g/mol. The quantitative estimate of drug-likeness (QED) is 0.736. The van der Waals surface area contributed by atoms with Gasteiger partial charge in [-0.15, -0.1) is 0 Å². The van der Waals surface area contributed by atoms with E-state index in [4.69, 9.17) is 4.98 Å². The minimum Gasteiger partial charge on any atom is -0.352 e. The van der Waals surface area contributed by atoms with Gasteiger partial charge in [0.05, 0.1) is 6.04 Å². The molecule has 1 aliphatic heterocycles. The Hall–Kier alpha value is -2.63. The molecule has 0 spiro atoms. The number of aryl methyl sites for hydroxylation is 1. The summed E-state index contributed by atoms with van der Waals surface area (Å²) >= 11 is 0. The molecule has 1 fully saturated rings. The van der Waals surface area contributed by atoms with E-state index in [0.29, 0.717) is 6.04 Å². The van der Waals surface area contributed by atoms with Gasteiger partial charge in [-0.3, -0.25) is 4.57 Å². The van der Waals surface area contributed by atoms with E-state index < -0.39 is 0 Å². The summed E-state index contributed by atoms with van der Waals surface area (Å²) in [6.07, 6.45) is 3.64. The van der Waals surface area contributed by atoms with Crippen molar-refractivity contribution in [3.8, 4) is 0 Å². The van der Waals surface area contributed by atoms with Crippen LogP contribution in [-0.4, -0.2) is 45.7 Å². The largest absolute Gasteiger partial charge is 0.352 e. The zero-order valence-electron chi connectivity index (χ0n) is 12.7. The first kappa shape index (κ1) is 13.1. The standard InChI is InChI=1S/C16H18N6/c1-20(12-10-22(11-12)14-7-3-4-8-17-14)16-19-13-6-5-9-18-15(13)21(16)2/h3-9,12H,10-11H2,1-2H3. The fourth-order valence-corrected chi connectivity index (χ4v) is 2.92. The summed E-state index contributed by atoms with van der Waals surface area (Å²) in [7, 11) is 4.12. The van der Waals surface area contributed by atoms with E-state index in [0.717, 1.165) is 36.0 Å². The molecule has 22 heavy (non-hydrogen) atoms. The molecular weight excluding hydrogens is 276 g/mol. The van der Waals surface area contributed by atoms with Crippen molar-refractivity contribution in [3.05, 3.63) is 42.7 Å². The van der Waals surface area contributed by atoms with Crippen LogP contribution in [0, 0.1) is 0 Å². The molecule has 4 rings (SSSR count). The minimum absolute atomic E-state index is 0.442. The molecule has 0 aromatic carbocycles. The highest BCUT2D eigenvalue weighted by atomic mass is 15.4. The number of anilines is 2. The molecule has 0 radical (unpaired) electrons. The van der Waals surface area contributed by atoms with Crippen molar-refractivity contribution >= 4 is 22.9 Å². The monoisotopic (exact) mass is 294 g/mol. The lowest BCUT2D eigenvalue weighted by Crippen LogP contribution is -2.59. The van der Waals surface area contributed by atoms with E-state index in [1.807, 2.05) is 37.5 Å². The van der Waals surface area contributed by atoms with Gasteiger partial charge in [-0.25, -0.2) is 15.0 Å². The third-order valence-corrected chi connectivity index (χ3v) is 4.30. The van der Waals surface area contributed by atoms with Crippen molar-refractivity contribution in [1.29, 1.82) is 0 Å². The molecule has 6 heteroatoms. The number of pyridine rings is 2. The van der Waals surface area contributed by atoms with Crippen LogP contribution in [0.3, 0.4) is 0 Å². The number of rotatable bonds is 3. The maximum Gasteiger partial charge on any atom is 0.207 e. The summed E-state index contributed by atoms with van der Waals surface area (Å²) in [6.45, 7) is 1.92. The first-order chi connectivity index (χ1) is 10.7. The maximum atomic E-state index is 4.71. The second-order valence-corrected chi connectivity index (χ2v) is 5.67. The molecule has 0 bridgehead atoms. The van der Waals surface area contributed by atoms with Gasteiger partial charge in [-0.05, 0) is 24.3 Å². The van der Waals surface area contributed by atoms with E-state index >= 15 is 0 Å². The predicted molar refractivity (Wildman–Crippen MR) is 87.2 cm³/mol. The van der Waals surface area contributed by atoms with Crippen LogP contribution in [0.25, 0.3) is 11.2 Å². The maximum absolute atomic E-state index is 4.71. The van der Waals surface area contributed by atoms with Crippen molar-refractivity contribution in [1.82, 2.24) is 19.5 Å². The van der Waals surface area contributed by atoms with Crippen molar-refractivity contribution in [2.45, 2.75) is 6.04 Å². The first-order valence-corrected chi connectivity index (χ1v) is 7.40. The van der Waals surface area contributed by atoms with Gasteiger partial charge in [0.2, 0.25) is 5.95 Å². The summed E-state index contributed by atoms with van der Waals surface area (Å²) in [4.78, 5) is 18.0. The molecule has 0 saturated carbocycles. The summed E-state index contributed by atoms with van der Waals surface area (Å²) in [5, 5.41) is 0. The summed E-state index contributed by atoms with van der Waals surface area (Å²) in [5.41, 5.74) is 1.86. The number of fused-ring (bicyclic) bond motifs is 1. The highest BCUT2D eigenvalue weighted by Crippen LogP contribution is 2.25. The summed E-state index contributed by atoms with van der Waals surface area (Å²) in [5.74, 6) is 2.00. The fourth-order valence-electron chi connectivity index (χ4n) is 2.92. The molecular formula is C16H18N6. The summed E-state index contributed by atoms with van der Waals surface area (Å²) < 4.78 is 2.05. The Labute approximate surface area is 129 Å². The molecule has 112 valence electrons. The molecule has 0 amide bonds. The molecule has 0 N–H and O–H groups in total. The van der Waals surface area contributed by atoms with Gasteiger partial charge in [0.1, 0.15) is 11.3 Å². The summed E-state index contributed by atoms with van der Waals surface area (Å²) in [6, 6.07) is 10.4. The van der Waals surface area contributed by atoms with E-state index in [1.165, 1.54) is 0 Å². The number of hydrogen-bond acceptors (Lipinski definition) is 5. The van der Waals surface area contributed by atoms with Crippen LogP contribution in [-0.2, 0) is 7.05 Å². The highest BCUT2D eigenvalue weighted by molar-refractivity contribution is 5.74. The molecule has 0 aliphatic carbocycles. The van der Waals surface area contributed by atoms with E-state index in [2.05, 4.69) is 37.4 Å². The lowest BCUT2D eigenvalue weighted by atomic mass is 10.1. The van der Waals surface area contributed by atoms with Crippen LogP contribution >= 0.6 is 0 Å². The van der Waals surface area contributed by atoms with Gasteiger partial charge in [0.25, 0.3) is 0 Å². The topological polar surface area (TPSA) is 50.1 Å². The Morgan fingerprint density at radius 1 is 1.09 bits per heavy atom. The number of hydrogen-bond donors (Lipinski definition) is 0. The van der Waals surface area contributed by atoms with Crippen LogP contribution in [0.15, 0.2) is 42.7 Å². The fraction of sp³-hybridized carbons (Fsp3) is 0.312. The minimum atomic E-state index is 0.442. The molecule has 3 aromatic heterocycles. The Morgan fingerprint density at radius 2 is 1.91 bits per heavy atom. The van der Waals surface area contributed by atoms with Gasteiger partial charge in [-0.2, -0.15) is 0 Å². The van der Waals surface area contributed by atoms with Gasteiger partial charge in [0, 0.05) is 39.6 Å². The predicted octanol–water partition coefficient (Wildman–Crippen LogP) is 1.69. The van der Waals surface area contributed by atoms with Gasteiger partial charge < -0.3 is 9.80 Å². The molecule has 6 nitrogen and oxygen atoms in total. The van der Waals surface area contributed by atoms with Crippen LogP contribution in [0.5, 0.6) is 0 Å². The lowest BCUT2D eigenvalue weighted by molar-refractivity contribution is 0.484. The number of likely N-dealkylation sites (N-methyl/N-ethyl adjacent to an activating group) is 1. The second-order valence-electron chi connectivity index (χ2n) is 5.67. The van der Waals surface area contributed by atoms with Gasteiger partial charge in [-0.1, -0.05) is 6.07 Å². The van der Waals surface area contributed by atoms with Crippen LogP contribution in [0.4, 0.5) is 11.8 Å². The zero-order chi connectivity index (χ0) is 15.1. The number of aromatic nitrogens is 4. The third kappa shape index (κ3) is 1.99. The van der Waals surface area contributed by atoms with Crippen LogP contribution < -0.4 is 9.80 Å². The molecule has 0 unspecified atom stereocenters. The smallest absolute Gasteiger partial charge is 0.207 e. The Kier molecular flexibility index (Phi) is 2.96. The van der Waals surface area contributed by atoms with E-state index in [1.54, 1.807) is 6.20 Å². The molecule has 1 saturated heterocycles. The molecule has 1 aliphatic rings. The van der Waals surface area contributed by atoms with Crippen molar-refractivity contribution in [3.63, 3.8) is 0 Å². The molecule has 3 aromatic rings. The average Bonchev–Trinajstić information content (AvgIpc) is 2.84. The Morgan fingerprint density at radius 3 is 2.64 bits per heavy atom. The lowest BCUT2D eigenvalue weighted by Gasteiger charge is -2.44. The van der Waals surface area contributed by atoms with Gasteiger partial charge >= 0.3 is 0 Å². The second kappa shape index (κ2) is 4.98. The first-order valence-electron chi connectivity index (χ1n) is 7.40. The Balaban J connectivity index is 1.53. The number of nitrogens with zero attached hydrogens (tertiary/aromatic N) is 6. The highest BCUT2D eigenvalue weighted by Gasteiger charge is 2.32. The Bertz CT molecular complexity index is 791. The SMILES string of the molecule is CN(c1nc2cccnc2n1C)C1CN(c2ccccn2)C1. The zero-order valence-corrected chi connectivity index (χ0v) is 12.7. The molecule has 0 atom stereocenters. The van der Waals surface area contributed by atoms with Crippen LogP contribution in [0.1, 0.15) is 0 Å². The normalized spacial score (nSPS) is 15.1. The van der Waals surface area contributed by atoms with Crippen molar-refractivity contribution < 1.29 is 0 Å². The van der Waals surface area contributed by atoms with Crippen LogP contribution in [0.2, 0.25) is 0 Å². The van der Waals surface area contributed by atoms with E-state index in [-0.39, 0.29) is 0 Å². The van der Waals surface area contributed by atoms with Crippen molar-refractivity contribution in [2.24, 2.45) is 7.05 Å². The number of imidazole rings is 1. The third-order valence-electron chi connectivity index (χ3n) is 4.30. The van der Waals surface area contributed by atoms with Crippen molar-refractivity contribution in [2.75, 3.05) is 29.9 Å².